The summed E-state index contributed by atoms with van der Waals surface area (Å²) in [4.78, 5) is 19.0. The Kier molecular flexibility index (Phi) is 7.70. The van der Waals surface area contributed by atoms with E-state index in [9.17, 15) is 4.79 Å². The fourth-order valence-corrected chi connectivity index (χ4v) is 3.85. The van der Waals surface area contributed by atoms with Gasteiger partial charge in [-0.05, 0) is 37.3 Å². The summed E-state index contributed by atoms with van der Waals surface area (Å²) in [5.74, 6) is -0.00959. The first-order chi connectivity index (χ1) is 13.1. The van der Waals surface area contributed by atoms with Gasteiger partial charge in [-0.15, -0.1) is 0 Å². The van der Waals surface area contributed by atoms with Crippen LogP contribution in [0, 0.1) is 0 Å². The van der Waals surface area contributed by atoms with Gasteiger partial charge in [-0.3, -0.25) is 9.69 Å². The van der Waals surface area contributed by atoms with Gasteiger partial charge in [-0.25, -0.2) is 0 Å². The van der Waals surface area contributed by atoms with Crippen molar-refractivity contribution in [1.82, 2.24) is 20.0 Å². The highest BCUT2D eigenvalue weighted by atomic mass is 35.5. The van der Waals surface area contributed by atoms with E-state index in [0.29, 0.717) is 23.7 Å². The van der Waals surface area contributed by atoms with Crippen LogP contribution in [0.2, 0.25) is 5.02 Å². The molecular formula is C19H27ClN4O2S. The lowest BCUT2D eigenvalue weighted by Crippen LogP contribution is -2.53. The quantitative estimate of drug-likeness (QED) is 0.589. The molecule has 2 aliphatic rings. The van der Waals surface area contributed by atoms with Crippen molar-refractivity contribution in [3.8, 4) is 0 Å². The van der Waals surface area contributed by atoms with Crippen molar-refractivity contribution < 1.29 is 9.53 Å². The average Bonchev–Trinajstić information content (AvgIpc) is 2.72. The van der Waals surface area contributed by atoms with E-state index >= 15 is 0 Å². The van der Waals surface area contributed by atoms with Gasteiger partial charge in [0.15, 0.2) is 5.11 Å². The maximum atomic E-state index is 12.6. The van der Waals surface area contributed by atoms with Gasteiger partial charge in [-0.1, -0.05) is 23.7 Å². The van der Waals surface area contributed by atoms with Gasteiger partial charge >= 0.3 is 0 Å². The fourth-order valence-electron chi connectivity index (χ4n) is 3.35. The molecule has 27 heavy (non-hydrogen) atoms. The number of piperazine rings is 1. The molecular weight excluding hydrogens is 384 g/mol. The Morgan fingerprint density at radius 1 is 1.07 bits per heavy atom. The Morgan fingerprint density at radius 2 is 1.74 bits per heavy atom. The van der Waals surface area contributed by atoms with E-state index in [1.54, 1.807) is 12.1 Å². The summed E-state index contributed by atoms with van der Waals surface area (Å²) in [6.07, 6.45) is 1.06. The number of hydrogen-bond acceptors (Lipinski definition) is 4. The van der Waals surface area contributed by atoms with Crippen LogP contribution in [0.1, 0.15) is 16.8 Å². The first kappa shape index (κ1) is 20.3. The van der Waals surface area contributed by atoms with Crippen LogP contribution in [-0.4, -0.2) is 91.3 Å². The molecule has 148 valence electrons. The minimum Gasteiger partial charge on any atom is -0.379 e. The highest BCUT2D eigenvalue weighted by molar-refractivity contribution is 7.80. The predicted molar refractivity (Wildman–Crippen MR) is 111 cm³/mol. The van der Waals surface area contributed by atoms with Crippen molar-refractivity contribution >= 4 is 34.8 Å². The number of ether oxygens (including phenoxy) is 1. The third-order valence-corrected chi connectivity index (χ3v) is 5.72. The Bertz CT molecular complexity index is 646. The molecule has 8 heteroatoms. The van der Waals surface area contributed by atoms with Gasteiger partial charge in [0.05, 0.1) is 23.8 Å². The molecule has 0 spiro atoms. The maximum Gasteiger partial charge on any atom is 0.255 e. The average molecular weight is 411 g/mol. The molecule has 0 aromatic heterocycles. The normalized spacial score (nSPS) is 18.4. The third-order valence-electron chi connectivity index (χ3n) is 4.99. The van der Waals surface area contributed by atoms with Gasteiger partial charge in [0, 0.05) is 45.8 Å². The van der Waals surface area contributed by atoms with Crippen molar-refractivity contribution in [3.63, 3.8) is 0 Å². The molecule has 0 unspecified atom stereocenters. The first-order valence-corrected chi connectivity index (χ1v) is 10.3. The predicted octanol–water partition coefficient (Wildman–Crippen LogP) is 1.69. The van der Waals surface area contributed by atoms with Gasteiger partial charge in [0.25, 0.3) is 5.91 Å². The summed E-state index contributed by atoms with van der Waals surface area (Å²) in [5, 5.41) is 4.63. The van der Waals surface area contributed by atoms with Crippen LogP contribution in [0.3, 0.4) is 0 Å². The lowest BCUT2D eigenvalue weighted by molar-refractivity contribution is 0.0375. The van der Waals surface area contributed by atoms with Crippen LogP contribution in [0.25, 0.3) is 0 Å². The number of amides is 1. The zero-order valence-electron chi connectivity index (χ0n) is 15.5. The SMILES string of the molecule is O=C(c1ccccc1Cl)N1CCN(C(=S)NCCCN2CCOCC2)CC1. The van der Waals surface area contributed by atoms with Crippen LogP contribution < -0.4 is 5.32 Å². The molecule has 0 aliphatic carbocycles. The summed E-state index contributed by atoms with van der Waals surface area (Å²) in [7, 11) is 0. The van der Waals surface area contributed by atoms with Crippen molar-refractivity contribution in [2.75, 3.05) is 65.6 Å². The molecule has 2 saturated heterocycles. The van der Waals surface area contributed by atoms with Crippen LogP contribution in [0.4, 0.5) is 0 Å². The molecule has 6 nitrogen and oxygen atoms in total. The minimum atomic E-state index is -0.00959. The lowest BCUT2D eigenvalue weighted by Gasteiger charge is -2.36. The van der Waals surface area contributed by atoms with Crippen LogP contribution in [-0.2, 0) is 4.74 Å². The number of carbonyl (C=O) groups is 1. The highest BCUT2D eigenvalue weighted by Crippen LogP contribution is 2.18. The van der Waals surface area contributed by atoms with E-state index < -0.39 is 0 Å². The molecule has 1 aromatic carbocycles. The molecule has 0 saturated carbocycles. The van der Waals surface area contributed by atoms with E-state index in [1.807, 2.05) is 17.0 Å². The van der Waals surface area contributed by atoms with Gasteiger partial charge in [0.1, 0.15) is 0 Å². The summed E-state index contributed by atoms with van der Waals surface area (Å²) >= 11 is 11.7. The molecule has 0 atom stereocenters. The Balaban J connectivity index is 1.36. The van der Waals surface area contributed by atoms with Crippen LogP contribution in [0.5, 0.6) is 0 Å². The molecule has 1 amide bonds. The second-order valence-electron chi connectivity index (χ2n) is 6.80. The summed E-state index contributed by atoms with van der Waals surface area (Å²) in [5.41, 5.74) is 0.566. The summed E-state index contributed by atoms with van der Waals surface area (Å²) < 4.78 is 5.36. The number of nitrogens with zero attached hydrogens (tertiary/aromatic N) is 3. The standard InChI is InChI=1S/C19H27ClN4O2S/c20-17-5-2-1-4-16(17)18(25)23-8-10-24(11-9-23)19(27)21-6-3-7-22-12-14-26-15-13-22/h1-2,4-5H,3,6-15H2,(H,21,27). The van der Waals surface area contributed by atoms with E-state index in [1.165, 1.54) is 0 Å². The maximum absolute atomic E-state index is 12.6. The smallest absolute Gasteiger partial charge is 0.255 e. The molecule has 2 fully saturated rings. The third kappa shape index (κ3) is 5.78. The van der Waals surface area contributed by atoms with Crippen LogP contribution in [0.15, 0.2) is 24.3 Å². The molecule has 0 radical (unpaired) electrons. The van der Waals surface area contributed by atoms with E-state index in [0.717, 1.165) is 64.0 Å². The second-order valence-corrected chi connectivity index (χ2v) is 7.59. The topological polar surface area (TPSA) is 48.1 Å². The van der Waals surface area contributed by atoms with E-state index in [-0.39, 0.29) is 5.91 Å². The minimum absolute atomic E-state index is 0.00959. The summed E-state index contributed by atoms with van der Waals surface area (Å²) in [6.45, 7) is 8.44. The van der Waals surface area contributed by atoms with E-state index in [4.69, 9.17) is 28.6 Å². The summed E-state index contributed by atoms with van der Waals surface area (Å²) in [6, 6.07) is 7.20. The Labute approximate surface area is 171 Å². The zero-order valence-corrected chi connectivity index (χ0v) is 17.1. The highest BCUT2D eigenvalue weighted by Gasteiger charge is 2.24. The Morgan fingerprint density at radius 3 is 2.44 bits per heavy atom. The van der Waals surface area contributed by atoms with Crippen molar-refractivity contribution in [1.29, 1.82) is 0 Å². The monoisotopic (exact) mass is 410 g/mol. The van der Waals surface area contributed by atoms with Crippen molar-refractivity contribution in [2.24, 2.45) is 0 Å². The number of halogens is 1. The molecule has 1 aromatic rings. The zero-order chi connectivity index (χ0) is 19.1. The Hall–Kier alpha value is -1.41. The van der Waals surface area contributed by atoms with Gasteiger partial charge < -0.3 is 19.9 Å². The number of rotatable bonds is 5. The van der Waals surface area contributed by atoms with Crippen LogP contribution >= 0.6 is 23.8 Å². The molecule has 2 aliphatic heterocycles. The van der Waals surface area contributed by atoms with Gasteiger partial charge in [-0.2, -0.15) is 0 Å². The van der Waals surface area contributed by atoms with E-state index in [2.05, 4.69) is 15.1 Å². The second kappa shape index (κ2) is 10.2. The molecule has 1 N–H and O–H groups in total. The van der Waals surface area contributed by atoms with Crippen molar-refractivity contribution in [3.05, 3.63) is 34.9 Å². The number of hydrogen-bond donors (Lipinski definition) is 1. The van der Waals surface area contributed by atoms with Gasteiger partial charge in [0.2, 0.25) is 0 Å². The first-order valence-electron chi connectivity index (χ1n) is 9.52. The number of morpholine rings is 1. The number of nitrogens with one attached hydrogen (secondary N) is 1. The molecule has 3 rings (SSSR count). The lowest BCUT2D eigenvalue weighted by atomic mass is 10.2. The van der Waals surface area contributed by atoms with Crippen molar-refractivity contribution in [2.45, 2.75) is 6.42 Å². The number of carbonyl (C=O) groups excluding carboxylic acids is 1. The molecule has 0 bridgehead atoms. The largest absolute Gasteiger partial charge is 0.379 e. The number of thiocarbonyl (C=S) groups is 1. The molecule has 2 heterocycles. The fraction of sp³-hybridized carbons (Fsp3) is 0.579. The number of benzene rings is 1.